The van der Waals surface area contributed by atoms with Crippen molar-refractivity contribution in [2.75, 3.05) is 5.32 Å². The van der Waals surface area contributed by atoms with Crippen LogP contribution in [0.3, 0.4) is 0 Å². The van der Waals surface area contributed by atoms with Crippen LogP contribution in [0.15, 0.2) is 38.6 Å². The molecule has 170 valence electrons. The van der Waals surface area contributed by atoms with Crippen LogP contribution < -0.4 is 10.9 Å². The fraction of sp³-hybridized carbons (Fsp3) is 0.435. The zero-order chi connectivity index (χ0) is 23.2. The molecule has 0 saturated heterocycles. The minimum atomic E-state index is -3.35. The third-order valence-corrected chi connectivity index (χ3v) is 9.31. The average Bonchev–Trinajstić information content (AvgIpc) is 3.28. The molecule has 0 aliphatic heterocycles. The number of aryl methyl sites for hydroxylation is 2. The molecule has 0 spiro atoms. The average molecular weight is 519 g/mol. The van der Waals surface area contributed by atoms with E-state index in [0.29, 0.717) is 21.0 Å². The zero-order valence-corrected chi connectivity index (χ0v) is 21.0. The lowest BCUT2D eigenvalue weighted by Crippen LogP contribution is -2.26. The van der Waals surface area contributed by atoms with Crippen molar-refractivity contribution in [3.8, 4) is 0 Å². The van der Waals surface area contributed by atoms with Gasteiger partial charge in [-0.05, 0) is 85.8 Å². The van der Waals surface area contributed by atoms with Crippen molar-refractivity contribution in [2.24, 2.45) is 0 Å². The summed E-state index contributed by atoms with van der Waals surface area (Å²) in [6.07, 6.45) is 5.86. The van der Waals surface area contributed by atoms with E-state index in [1.165, 1.54) is 0 Å². The van der Waals surface area contributed by atoms with E-state index in [0.717, 1.165) is 47.9 Å². The number of fused-ring (bicyclic) bond motifs is 1. The van der Waals surface area contributed by atoms with Gasteiger partial charge in [-0.1, -0.05) is 12.8 Å². The number of benzene rings is 1. The van der Waals surface area contributed by atoms with Gasteiger partial charge in [0, 0.05) is 23.3 Å². The Kier molecular flexibility index (Phi) is 6.15. The van der Waals surface area contributed by atoms with Crippen molar-refractivity contribution in [2.45, 2.75) is 69.6 Å². The first kappa shape index (κ1) is 22.9. The number of nitrogens with zero attached hydrogens (tertiary/aromatic N) is 3. The molecule has 1 aromatic carbocycles. The number of nitrogens with one attached hydrogen (secondary N) is 1. The molecule has 0 atom stereocenters. The van der Waals surface area contributed by atoms with Gasteiger partial charge in [-0.3, -0.25) is 9.36 Å². The van der Waals surface area contributed by atoms with Gasteiger partial charge in [0.05, 0.1) is 14.6 Å². The summed E-state index contributed by atoms with van der Waals surface area (Å²) in [4.78, 5) is 22.6. The van der Waals surface area contributed by atoms with Crippen LogP contribution in [-0.2, 0) is 9.84 Å². The van der Waals surface area contributed by atoms with Gasteiger partial charge in [0.2, 0.25) is 5.95 Å². The predicted octanol–water partition coefficient (Wildman–Crippen LogP) is 5.21. The van der Waals surface area contributed by atoms with Gasteiger partial charge >= 0.3 is 0 Å². The lowest BCUT2D eigenvalue weighted by molar-refractivity contribution is 0.514. The second-order valence-electron chi connectivity index (χ2n) is 8.68. The van der Waals surface area contributed by atoms with Gasteiger partial charge in [0.1, 0.15) is 5.65 Å². The molecular formula is C23H27BrN4O3S. The summed E-state index contributed by atoms with van der Waals surface area (Å²) in [5.41, 5.74) is 2.87. The summed E-state index contributed by atoms with van der Waals surface area (Å²) < 4.78 is 27.3. The van der Waals surface area contributed by atoms with Crippen LogP contribution in [0.4, 0.5) is 11.6 Å². The standard InChI is InChI=1S/C23H27BrN4O3S/c1-13(2)32(30,31)17-9-10-19(14(3)11-17)26-23-25-12-18-15(4)20(24)22(29)28(21(18)27-23)16-7-5-6-8-16/h9-13,16H,5-8H2,1-4H3,(H,25,26,27). The first-order valence-electron chi connectivity index (χ1n) is 10.8. The Morgan fingerprint density at radius 2 is 1.88 bits per heavy atom. The van der Waals surface area contributed by atoms with Crippen molar-refractivity contribution in [3.05, 3.63) is 50.3 Å². The van der Waals surface area contributed by atoms with Crippen LogP contribution in [0, 0.1) is 13.8 Å². The minimum Gasteiger partial charge on any atom is -0.324 e. The van der Waals surface area contributed by atoms with Crippen LogP contribution >= 0.6 is 15.9 Å². The Bertz CT molecular complexity index is 1360. The Morgan fingerprint density at radius 3 is 2.50 bits per heavy atom. The smallest absolute Gasteiger partial charge is 0.267 e. The largest absolute Gasteiger partial charge is 0.324 e. The van der Waals surface area contributed by atoms with Gasteiger partial charge in [0.25, 0.3) is 5.56 Å². The fourth-order valence-corrected chi connectivity index (χ4v) is 5.76. The molecule has 1 aliphatic rings. The van der Waals surface area contributed by atoms with Crippen LogP contribution in [0.2, 0.25) is 0 Å². The topological polar surface area (TPSA) is 94.0 Å². The Hall–Kier alpha value is -2.26. The van der Waals surface area contributed by atoms with E-state index < -0.39 is 15.1 Å². The van der Waals surface area contributed by atoms with Gasteiger partial charge in [-0.2, -0.15) is 4.98 Å². The van der Waals surface area contributed by atoms with Gasteiger partial charge in [-0.25, -0.2) is 13.4 Å². The quantitative estimate of drug-likeness (QED) is 0.497. The summed E-state index contributed by atoms with van der Waals surface area (Å²) in [6, 6.07) is 5.12. The van der Waals surface area contributed by atoms with Crippen LogP contribution in [0.1, 0.15) is 56.7 Å². The maximum absolute atomic E-state index is 13.1. The molecule has 1 saturated carbocycles. The second kappa shape index (κ2) is 8.59. The summed E-state index contributed by atoms with van der Waals surface area (Å²) in [6.45, 7) is 7.08. The first-order chi connectivity index (χ1) is 15.1. The first-order valence-corrected chi connectivity index (χ1v) is 13.1. The van der Waals surface area contributed by atoms with Crippen LogP contribution in [0.5, 0.6) is 0 Å². The number of pyridine rings is 1. The number of halogens is 1. The molecule has 2 heterocycles. The molecular weight excluding hydrogens is 492 g/mol. The van der Waals surface area contributed by atoms with E-state index in [1.807, 2.05) is 13.8 Å². The minimum absolute atomic E-state index is 0.0639. The predicted molar refractivity (Wildman–Crippen MR) is 131 cm³/mol. The van der Waals surface area contributed by atoms with Crippen LogP contribution in [-0.4, -0.2) is 28.2 Å². The van der Waals surface area contributed by atoms with E-state index in [-0.39, 0.29) is 11.6 Å². The summed E-state index contributed by atoms with van der Waals surface area (Å²) in [5, 5.41) is 3.55. The highest BCUT2D eigenvalue weighted by Gasteiger charge is 2.24. The Labute approximate surface area is 196 Å². The molecule has 7 nitrogen and oxygen atoms in total. The van der Waals surface area contributed by atoms with Gasteiger partial charge < -0.3 is 5.32 Å². The van der Waals surface area contributed by atoms with E-state index in [4.69, 9.17) is 4.98 Å². The zero-order valence-electron chi connectivity index (χ0n) is 18.6. The Morgan fingerprint density at radius 1 is 1.19 bits per heavy atom. The van der Waals surface area contributed by atoms with Crippen molar-refractivity contribution in [1.82, 2.24) is 14.5 Å². The highest BCUT2D eigenvalue weighted by molar-refractivity contribution is 9.10. The SMILES string of the molecule is Cc1cc(S(=O)(=O)C(C)C)ccc1Nc1ncc2c(C)c(Br)c(=O)n(C3CCCC3)c2n1. The molecule has 9 heteroatoms. The van der Waals surface area contributed by atoms with E-state index in [9.17, 15) is 13.2 Å². The third kappa shape index (κ3) is 3.96. The number of hydrogen-bond donors (Lipinski definition) is 1. The summed E-state index contributed by atoms with van der Waals surface area (Å²) in [5.74, 6) is 0.368. The summed E-state index contributed by atoms with van der Waals surface area (Å²) >= 11 is 3.46. The number of aromatic nitrogens is 3. The molecule has 2 aromatic heterocycles. The molecule has 0 bridgehead atoms. The lowest BCUT2D eigenvalue weighted by atomic mass is 10.1. The molecule has 3 aromatic rings. The normalized spacial score (nSPS) is 15.1. The molecule has 0 radical (unpaired) electrons. The molecule has 0 amide bonds. The number of hydrogen-bond acceptors (Lipinski definition) is 6. The highest BCUT2D eigenvalue weighted by Crippen LogP contribution is 2.33. The van der Waals surface area contributed by atoms with Crippen LogP contribution in [0.25, 0.3) is 11.0 Å². The van der Waals surface area contributed by atoms with Crippen molar-refractivity contribution in [1.29, 1.82) is 0 Å². The molecule has 1 N–H and O–H groups in total. The second-order valence-corrected chi connectivity index (χ2v) is 12.0. The highest BCUT2D eigenvalue weighted by atomic mass is 79.9. The van der Waals surface area contributed by atoms with Crippen molar-refractivity contribution >= 4 is 48.4 Å². The maximum atomic E-state index is 13.1. The van der Waals surface area contributed by atoms with Gasteiger partial charge in [-0.15, -0.1) is 0 Å². The monoisotopic (exact) mass is 518 g/mol. The molecule has 32 heavy (non-hydrogen) atoms. The number of sulfone groups is 1. The molecule has 1 fully saturated rings. The maximum Gasteiger partial charge on any atom is 0.267 e. The van der Waals surface area contributed by atoms with E-state index in [1.54, 1.807) is 42.8 Å². The van der Waals surface area contributed by atoms with E-state index in [2.05, 4.69) is 26.2 Å². The molecule has 0 unspecified atom stereocenters. The Balaban J connectivity index is 1.77. The fourth-order valence-electron chi connectivity index (χ4n) is 4.21. The molecule has 4 rings (SSSR count). The molecule has 1 aliphatic carbocycles. The van der Waals surface area contributed by atoms with Gasteiger partial charge in [0.15, 0.2) is 9.84 Å². The van der Waals surface area contributed by atoms with Crippen molar-refractivity contribution < 1.29 is 8.42 Å². The lowest BCUT2D eigenvalue weighted by Gasteiger charge is -2.19. The number of anilines is 2. The van der Waals surface area contributed by atoms with E-state index >= 15 is 0 Å². The number of rotatable bonds is 5. The van der Waals surface area contributed by atoms with Crippen molar-refractivity contribution in [3.63, 3.8) is 0 Å². The summed E-state index contributed by atoms with van der Waals surface area (Å²) in [7, 11) is -3.35. The third-order valence-electron chi connectivity index (χ3n) is 6.22.